The Hall–Kier alpha value is -12.4. The highest BCUT2D eigenvalue weighted by molar-refractivity contribution is 6.02. The van der Waals surface area contributed by atoms with Gasteiger partial charge < -0.3 is 140 Å². The third kappa shape index (κ3) is 43.9. The first-order chi connectivity index (χ1) is 58.0. The van der Waals surface area contributed by atoms with Gasteiger partial charge in [-0.1, -0.05) is 60.1 Å². The van der Waals surface area contributed by atoms with Crippen LogP contribution in [0.2, 0.25) is 0 Å². The zero-order valence-electron chi connectivity index (χ0n) is 71.7. The summed E-state index contributed by atoms with van der Waals surface area (Å²) >= 11 is 0. The van der Waals surface area contributed by atoms with Gasteiger partial charge in [-0.2, -0.15) is 0 Å². The van der Waals surface area contributed by atoms with E-state index in [1.54, 1.807) is 41.5 Å². The van der Waals surface area contributed by atoms with Crippen molar-refractivity contribution in [2.45, 2.75) is 275 Å². The molecule has 0 bridgehead atoms. The number of carboxylic acids is 3. The number of phenolic OH excluding ortho intramolecular Hbond substituents is 1. The zero-order chi connectivity index (χ0) is 94.4. The number of hydrogen-bond donors (Lipinski definition) is 27. The Balaban J connectivity index is 3.63. The number of carboxylic acid groups (broad SMARTS) is 3. The Labute approximate surface area is 717 Å². The molecule has 0 saturated heterocycles. The van der Waals surface area contributed by atoms with Gasteiger partial charge in [0.2, 0.25) is 100 Å². The number of aliphatic carboxylic acids is 3. The van der Waals surface area contributed by atoms with Gasteiger partial charge in [-0.25, -0.2) is 4.79 Å². The second-order valence-electron chi connectivity index (χ2n) is 31.0. The first-order valence-corrected chi connectivity index (χ1v) is 40.8. The summed E-state index contributed by atoms with van der Waals surface area (Å²) in [6.45, 7) is 14.5. The van der Waals surface area contributed by atoms with E-state index in [1.165, 1.54) is 45.0 Å². The van der Waals surface area contributed by atoms with Crippen LogP contribution in [-0.4, -0.2) is 262 Å². The molecule has 0 aromatic heterocycles. The third-order valence-corrected chi connectivity index (χ3v) is 19.0. The van der Waals surface area contributed by atoms with Crippen molar-refractivity contribution in [2.75, 3.05) is 26.2 Å². The molecule has 0 saturated carbocycles. The maximum atomic E-state index is 14.7. The van der Waals surface area contributed by atoms with E-state index in [2.05, 4.69) is 85.1 Å². The molecule has 33 N–H and O–H groups in total. The van der Waals surface area contributed by atoms with E-state index >= 15 is 0 Å². The van der Waals surface area contributed by atoms with Crippen molar-refractivity contribution in [3.8, 4) is 5.75 Å². The number of amides is 17. The molecule has 696 valence electrons. The van der Waals surface area contributed by atoms with Gasteiger partial charge in [0.1, 0.15) is 90.3 Å². The van der Waals surface area contributed by atoms with E-state index in [4.69, 9.17) is 39.8 Å². The standard InChI is InChI=1S/C77H129N23O24/c1-11-39(6)61(100-74(121)52(32-38(4)5)99-73(120)55(35-60(107)108)97-64(111)42(9)88-66(113)47(19-16-30-85-77(83)84)91-69(116)49(25-27-59(105)106)94-72(119)54(34-57(82)103)95-62(109)40(7)80)75(122)89-43(10)65(112)96-53(33-44-20-22-45(101)23-21-44)71(118)98-51(31-37(2)3)70(117)92-46(17-12-14-28-78)68(115)93-48(24-26-56(81)102)67(114)87-41(8)63(110)86-36-58(104)90-50(76(123)124)18-13-15-29-79/h20-23,37-43,46-55,61,101H,11-19,24-36,78-80H2,1-10H3,(H2,81,102)(H2,82,103)(H,86,110)(H,87,114)(H,88,113)(H,89,122)(H,90,104)(H,91,116)(H,92,117)(H,93,115)(H,94,119)(H,95,109)(H,96,112)(H,97,111)(H,98,118)(H,99,120)(H,100,121)(H,105,106)(H,107,108)(H,123,124)(H4,83,84,85)/t39-,40-,41-,42-,43-,46-,47-,48-,49-,50-,51-,52-,53-,54-,55-,61-/m0/s1. The number of primary amides is 2. The lowest BCUT2D eigenvalue weighted by Crippen LogP contribution is -2.61. The van der Waals surface area contributed by atoms with Crippen LogP contribution < -0.4 is 119 Å². The number of hydrogen-bond acceptors (Lipinski definition) is 25. The minimum absolute atomic E-state index is 0.0328. The molecule has 16 atom stereocenters. The van der Waals surface area contributed by atoms with Crippen LogP contribution in [0.4, 0.5) is 0 Å². The van der Waals surface area contributed by atoms with E-state index < -0.39 is 272 Å². The van der Waals surface area contributed by atoms with E-state index in [9.17, 15) is 116 Å². The highest BCUT2D eigenvalue weighted by Crippen LogP contribution is 2.17. The number of nitrogens with two attached hydrogens (primary N) is 6. The molecule has 0 aliphatic carbocycles. The lowest BCUT2D eigenvalue weighted by molar-refractivity contribution is -0.142. The Bertz CT molecular complexity index is 3830. The SMILES string of the molecule is CC[C@H](C)[C@H](NC(=O)[C@H](CC(C)C)NC(=O)[C@H](CC(=O)O)NC(=O)[C@H](C)NC(=O)[C@H](CCCNC(=N)N)NC(=O)[C@H](CCC(=O)O)NC(=O)[C@H](CC(N)=O)NC(=O)[C@H](C)N)C(=O)N[C@@H](C)C(=O)N[C@@H](Cc1ccc(O)cc1)C(=O)N[C@@H](CC(C)C)C(=O)N[C@@H](CCCCN)C(=O)N[C@@H](CCC(N)=O)C(=O)N[C@@H](C)C(=O)NCC(=O)N[C@@H](CCCCN)C(=O)O. The molecule has 1 rings (SSSR count). The van der Waals surface area contributed by atoms with Gasteiger partial charge in [0.25, 0.3) is 0 Å². The summed E-state index contributed by atoms with van der Waals surface area (Å²) < 4.78 is 0. The molecule has 1 aromatic rings. The van der Waals surface area contributed by atoms with Gasteiger partial charge in [0, 0.05) is 25.8 Å². The smallest absolute Gasteiger partial charge is 0.326 e. The normalized spacial score (nSPS) is 14.9. The molecule has 124 heavy (non-hydrogen) atoms. The fourth-order valence-corrected chi connectivity index (χ4v) is 11.9. The van der Waals surface area contributed by atoms with Crippen molar-refractivity contribution in [3.05, 3.63) is 29.8 Å². The largest absolute Gasteiger partial charge is 0.508 e. The molecule has 0 radical (unpaired) electrons. The van der Waals surface area contributed by atoms with Crippen molar-refractivity contribution in [1.29, 1.82) is 5.41 Å². The highest BCUT2D eigenvalue weighted by Gasteiger charge is 2.39. The first-order valence-electron chi connectivity index (χ1n) is 40.8. The molecule has 0 aliphatic heterocycles. The molecule has 17 amide bonds. The lowest BCUT2D eigenvalue weighted by atomic mass is 9.96. The van der Waals surface area contributed by atoms with Crippen LogP contribution in [0, 0.1) is 23.2 Å². The molecule has 47 nitrogen and oxygen atoms in total. The van der Waals surface area contributed by atoms with Gasteiger partial charge in [0.05, 0.1) is 25.4 Å². The molecule has 0 spiro atoms. The van der Waals surface area contributed by atoms with Crippen LogP contribution >= 0.6 is 0 Å². The minimum atomic E-state index is -1.99. The average Bonchev–Trinajstić information content (AvgIpc) is 0.842. The third-order valence-electron chi connectivity index (χ3n) is 19.0. The molecule has 1 aromatic carbocycles. The number of unbranched alkanes of at least 4 members (excludes halogenated alkanes) is 2. The van der Waals surface area contributed by atoms with Crippen molar-refractivity contribution in [1.82, 2.24) is 85.1 Å². The highest BCUT2D eigenvalue weighted by atomic mass is 16.4. The summed E-state index contributed by atoms with van der Waals surface area (Å²) in [6, 6.07) is -17.9. The quantitative estimate of drug-likeness (QED) is 0.0164. The van der Waals surface area contributed by atoms with E-state index in [0.717, 1.165) is 6.92 Å². The van der Waals surface area contributed by atoms with E-state index in [-0.39, 0.29) is 82.5 Å². The number of phenols is 1. The van der Waals surface area contributed by atoms with E-state index in [1.807, 2.05) is 0 Å². The van der Waals surface area contributed by atoms with Crippen LogP contribution in [0.15, 0.2) is 24.3 Å². The monoisotopic (exact) mass is 1760 g/mol. The first kappa shape index (κ1) is 110. The van der Waals surface area contributed by atoms with Crippen molar-refractivity contribution in [3.63, 3.8) is 0 Å². The minimum Gasteiger partial charge on any atom is -0.508 e. The number of benzene rings is 1. The summed E-state index contributed by atoms with van der Waals surface area (Å²) in [5.74, 6) is -23.9. The number of carbonyl (C=O) groups is 20. The van der Waals surface area contributed by atoms with Crippen molar-refractivity contribution in [2.24, 2.45) is 52.2 Å². The Kier molecular flexibility index (Phi) is 50.4. The second-order valence-corrected chi connectivity index (χ2v) is 31.0. The number of carbonyl (C=O) groups excluding carboxylic acids is 17. The van der Waals surface area contributed by atoms with Crippen LogP contribution in [0.3, 0.4) is 0 Å². The fourth-order valence-electron chi connectivity index (χ4n) is 11.9. The topological polar surface area (TPSA) is 795 Å². The molecular formula is C77H129N23O24. The van der Waals surface area contributed by atoms with Gasteiger partial charge in [-0.15, -0.1) is 0 Å². The van der Waals surface area contributed by atoms with Crippen LogP contribution in [-0.2, 0) is 102 Å². The maximum absolute atomic E-state index is 14.7. The Morgan fingerprint density at radius 3 is 1.19 bits per heavy atom. The second kappa shape index (κ2) is 57.0. The van der Waals surface area contributed by atoms with Crippen molar-refractivity contribution >= 4 is 124 Å². The summed E-state index contributed by atoms with van der Waals surface area (Å²) in [5.41, 5.74) is 33.4. The molecule has 47 heteroatoms. The molecule has 0 unspecified atom stereocenters. The number of aromatic hydroxyl groups is 1. The number of nitrogens with one attached hydrogen (secondary N) is 17. The van der Waals surface area contributed by atoms with Gasteiger partial charge in [-0.05, 0) is 153 Å². The van der Waals surface area contributed by atoms with Gasteiger partial charge >= 0.3 is 17.9 Å². The number of guanidine groups is 1. The molecular weight excluding hydrogens is 1630 g/mol. The summed E-state index contributed by atoms with van der Waals surface area (Å²) in [4.78, 5) is 268. The molecule has 0 heterocycles. The fraction of sp³-hybridized carbons (Fsp3) is 0.649. The number of rotatable bonds is 61. The zero-order valence-corrected chi connectivity index (χ0v) is 71.7. The Morgan fingerprint density at radius 1 is 0.379 bits per heavy atom. The summed E-state index contributed by atoms with van der Waals surface area (Å²) in [6.07, 6.45) is -3.47. The predicted octanol–water partition coefficient (Wildman–Crippen LogP) is -7.53. The molecule has 0 aliphatic rings. The van der Waals surface area contributed by atoms with E-state index in [0.29, 0.717) is 31.4 Å². The van der Waals surface area contributed by atoms with Crippen LogP contribution in [0.5, 0.6) is 5.75 Å². The van der Waals surface area contributed by atoms with Gasteiger partial charge in [0.15, 0.2) is 5.96 Å². The van der Waals surface area contributed by atoms with Crippen LogP contribution in [0.1, 0.15) is 184 Å². The van der Waals surface area contributed by atoms with Gasteiger partial charge in [-0.3, -0.25) is 96.5 Å². The maximum Gasteiger partial charge on any atom is 0.326 e. The Morgan fingerprint density at radius 2 is 0.758 bits per heavy atom. The van der Waals surface area contributed by atoms with Crippen LogP contribution in [0.25, 0.3) is 0 Å². The van der Waals surface area contributed by atoms with Crippen molar-refractivity contribution < 1.29 is 116 Å². The lowest BCUT2D eigenvalue weighted by Gasteiger charge is -2.29. The average molecular weight is 1760 g/mol. The molecule has 0 fully saturated rings. The summed E-state index contributed by atoms with van der Waals surface area (Å²) in [7, 11) is 0. The predicted molar refractivity (Wildman–Crippen MR) is 445 cm³/mol. The summed E-state index contributed by atoms with van der Waals surface area (Å²) in [5, 5.41) is 85.5.